The Morgan fingerprint density at radius 1 is 1.26 bits per heavy atom. The number of aromatic nitrogens is 2. The molecule has 0 amide bonds. The summed E-state index contributed by atoms with van der Waals surface area (Å²) in [5.41, 5.74) is 0.213. The van der Waals surface area contributed by atoms with Gasteiger partial charge in [-0.1, -0.05) is 6.07 Å². The van der Waals surface area contributed by atoms with Crippen molar-refractivity contribution in [1.82, 2.24) is 14.5 Å². The highest BCUT2D eigenvalue weighted by Gasteiger charge is 2.66. The number of carbonyl (C=O) groups is 1. The van der Waals surface area contributed by atoms with Crippen LogP contribution in [-0.4, -0.2) is 58.1 Å². The van der Waals surface area contributed by atoms with Crippen molar-refractivity contribution in [1.29, 1.82) is 0 Å². The number of aliphatic hydroxyl groups is 1. The Balaban J connectivity index is 1.54. The molecule has 2 N–H and O–H groups in total. The predicted molar refractivity (Wildman–Crippen MR) is 130 cm³/mol. The lowest BCUT2D eigenvalue weighted by Gasteiger charge is -2.49. The van der Waals surface area contributed by atoms with E-state index in [-0.39, 0.29) is 28.2 Å². The second-order valence-electron chi connectivity index (χ2n) is 10.1. The maximum atomic E-state index is 15.3. The summed E-state index contributed by atoms with van der Waals surface area (Å²) in [6.45, 7) is 0.0175. The molecule has 1 saturated heterocycles. The summed E-state index contributed by atoms with van der Waals surface area (Å²) >= 11 is 0. The lowest BCUT2D eigenvalue weighted by atomic mass is 9.99. The van der Waals surface area contributed by atoms with Gasteiger partial charge in [-0.15, -0.1) is 0 Å². The number of carboxylic acid groups (broad SMARTS) is 1. The molecule has 3 aromatic rings. The van der Waals surface area contributed by atoms with E-state index < -0.39 is 36.2 Å². The van der Waals surface area contributed by atoms with Crippen LogP contribution >= 0.6 is 0 Å². The molecule has 1 fully saturated rings. The van der Waals surface area contributed by atoms with E-state index in [0.717, 1.165) is 0 Å². The first-order chi connectivity index (χ1) is 18.0. The number of benzene rings is 2. The van der Waals surface area contributed by atoms with Gasteiger partial charge in [-0.2, -0.15) is 8.78 Å². The number of quaternary nitrogens is 1. The van der Waals surface area contributed by atoms with Gasteiger partial charge in [0.1, 0.15) is 36.4 Å². The van der Waals surface area contributed by atoms with E-state index in [1.54, 1.807) is 43.1 Å². The zero-order valence-corrected chi connectivity index (χ0v) is 20.3. The van der Waals surface area contributed by atoms with Crippen molar-refractivity contribution < 1.29 is 32.9 Å². The van der Waals surface area contributed by atoms with Crippen LogP contribution in [0, 0.1) is 5.82 Å². The SMILES string of the molecule is CC(C)(O)c1ncc(-c2cc3c(cc2F)=N[C@@H]2C[N@@+]4(C=3)c3c(OC(F)F)cccc3N(CC(=O)O)C24)cn1. The first-order valence-electron chi connectivity index (χ1n) is 11.9. The minimum Gasteiger partial charge on any atom is -0.480 e. The molecule has 3 aliphatic rings. The minimum atomic E-state index is -3.07. The number of nitrogens with zero attached hydrogens (tertiary/aromatic N) is 5. The zero-order chi connectivity index (χ0) is 27.0. The number of rotatable bonds is 6. The van der Waals surface area contributed by atoms with E-state index in [0.29, 0.717) is 34.1 Å². The number of carboxylic acids is 1. The molecule has 6 rings (SSSR count). The summed E-state index contributed by atoms with van der Waals surface area (Å²) in [5, 5.41) is 20.7. The molecule has 0 radical (unpaired) electrons. The fraction of sp³-hybridized carbons (Fsp3) is 0.308. The van der Waals surface area contributed by atoms with Crippen molar-refractivity contribution in [3.05, 3.63) is 64.9 Å². The fourth-order valence-corrected chi connectivity index (χ4v) is 5.71. The number of alkyl halides is 2. The van der Waals surface area contributed by atoms with Crippen molar-refractivity contribution >= 4 is 23.5 Å². The normalized spacial score (nSPS) is 22.9. The third-order valence-electron chi connectivity index (χ3n) is 7.15. The van der Waals surface area contributed by atoms with Gasteiger partial charge in [-0.25, -0.2) is 18.8 Å². The number of fused-ring (bicyclic) bond motifs is 4. The van der Waals surface area contributed by atoms with Gasteiger partial charge in [0.15, 0.2) is 17.6 Å². The topological polar surface area (TPSA) is 108 Å². The third-order valence-corrected chi connectivity index (χ3v) is 7.15. The number of hydrogen-bond acceptors (Lipinski definition) is 7. The van der Waals surface area contributed by atoms with Crippen LogP contribution in [0.4, 0.5) is 24.5 Å². The van der Waals surface area contributed by atoms with E-state index in [1.807, 2.05) is 0 Å². The number of anilines is 1. The first-order valence-corrected chi connectivity index (χ1v) is 11.9. The van der Waals surface area contributed by atoms with Crippen molar-refractivity contribution in [3.63, 3.8) is 0 Å². The van der Waals surface area contributed by atoms with Gasteiger partial charge in [0, 0.05) is 29.6 Å². The Hall–Kier alpha value is -4.03. The van der Waals surface area contributed by atoms with Crippen LogP contribution in [0.1, 0.15) is 19.7 Å². The second-order valence-corrected chi connectivity index (χ2v) is 10.1. The molecule has 196 valence electrons. The second kappa shape index (κ2) is 8.23. The van der Waals surface area contributed by atoms with Crippen LogP contribution in [0.5, 0.6) is 5.75 Å². The molecule has 12 heteroatoms. The average Bonchev–Trinajstić information content (AvgIpc) is 2.94. The number of hydrogen-bond donors (Lipinski definition) is 2. The van der Waals surface area contributed by atoms with E-state index in [4.69, 9.17) is 9.73 Å². The zero-order valence-electron chi connectivity index (χ0n) is 20.3. The van der Waals surface area contributed by atoms with Crippen molar-refractivity contribution in [3.8, 4) is 16.9 Å². The maximum absolute atomic E-state index is 15.3. The van der Waals surface area contributed by atoms with Crippen LogP contribution in [0.15, 0.2) is 47.7 Å². The van der Waals surface area contributed by atoms with Gasteiger partial charge < -0.3 is 19.8 Å². The molecule has 4 heterocycles. The molecule has 2 bridgehead atoms. The van der Waals surface area contributed by atoms with Crippen LogP contribution in [0.2, 0.25) is 0 Å². The van der Waals surface area contributed by atoms with Crippen molar-refractivity contribution in [2.45, 2.75) is 38.3 Å². The number of ether oxygens (including phenoxy) is 1. The molecule has 0 saturated carbocycles. The summed E-state index contributed by atoms with van der Waals surface area (Å²) in [6, 6.07) is 7.15. The monoisotopic (exact) mass is 526 g/mol. The summed E-state index contributed by atoms with van der Waals surface area (Å²) in [4.78, 5) is 26.4. The Kier molecular flexibility index (Phi) is 5.27. The Morgan fingerprint density at radius 3 is 2.66 bits per heavy atom. The highest BCUT2D eigenvalue weighted by Crippen LogP contribution is 2.57. The summed E-state index contributed by atoms with van der Waals surface area (Å²) in [6.07, 6.45) is 4.13. The fourth-order valence-electron chi connectivity index (χ4n) is 5.71. The summed E-state index contributed by atoms with van der Waals surface area (Å²) in [7, 11) is 0. The molecule has 3 aliphatic heterocycles. The van der Waals surface area contributed by atoms with Gasteiger partial charge in [-0.3, -0.25) is 9.79 Å². The predicted octanol–water partition coefficient (Wildman–Crippen LogP) is 2.10. The molecule has 0 aliphatic carbocycles. The van der Waals surface area contributed by atoms with Crippen molar-refractivity contribution in [2.75, 3.05) is 18.0 Å². The molecule has 38 heavy (non-hydrogen) atoms. The summed E-state index contributed by atoms with van der Waals surface area (Å²) < 4.78 is 46.8. The molecule has 2 aromatic carbocycles. The van der Waals surface area contributed by atoms with Crippen LogP contribution in [0.3, 0.4) is 0 Å². The Bertz CT molecular complexity index is 1590. The molecule has 1 aromatic heterocycles. The molecule has 1 unspecified atom stereocenters. The van der Waals surface area contributed by atoms with Gasteiger partial charge in [0.25, 0.3) is 0 Å². The van der Waals surface area contributed by atoms with Crippen molar-refractivity contribution in [2.24, 2.45) is 4.99 Å². The third kappa shape index (κ3) is 3.63. The smallest absolute Gasteiger partial charge is 0.387 e. The lowest BCUT2D eigenvalue weighted by molar-refractivity contribution is -0.135. The molecule has 3 atom stereocenters. The van der Waals surface area contributed by atoms with Gasteiger partial charge in [-0.05, 0) is 32.0 Å². The highest BCUT2D eigenvalue weighted by molar-refractivity contribution is 5.89. The Labute approximate surface area is 214 Å². The van der Waals surface area contributed by atoms with Crippen LogP contribution in [0.25, 0.3) is 17.3 Å². The standard InChI is InChI=1S/C26H22F3N5O4/c1-26(2,37)24-30-8-14(9-31-24)15-6-13-11-34-12-18(32-17(13)7-16(15)27)23(34)33(10-21(35)36)19-4-3-5-20(22(19)34)38-25(28)29/h3-9,11,18,23,25,37H,10,12H2,1-2H3/p+1/t18-,23?,34+/m1/s1. The van der Waals surface area contributed by atoms with Crippen LogP contribution < -0.4 is 24.7 Å². The van der Waals surface area contributed by atoms with Gasteiger partial charge >= 0.3 is 12.6 Å². The van der Waals surface area contributed by atoms with Crippen LogP contribution in [-0.2, 0) is 10.4 Å². The number of para-hydroxylation sites is 1. The summed E-state index contributed by atoms with van der Waals surface area (Å²) in [5.74, 6) is -1.50. The van der Waals surface area contributed by atoms with E-state index >= 15 is 4.39 Å². The Morgan fingerprint density at radius 2 is 2.00 bits per heavy atom. The molecule has 9 nitrogen and oxygen atoms in total. The lowest BCUT2D eigenvalue weighted by Crippen LogP contribution is -2.74. The van der Waals surface area contributed by atoms with Gasteiger partial charge in [0.05, 0.1) is 10.6 Å². The quantitative estimate of drug-likeness (QED) is 0.474. The average molecular weight is 526 g/mol. The van der Waals surface area contributed by atoms with E-state index in [9.17, 15) is 23.8 Å². The number of halogens is 3. The molecular weight excluding hydrogens is 503 g/mol. The molecular formula is C26H23F3N5O4+. The van der Waals surface area contributed by atoms with E-state index in [1.165, 1.54) is 24.5 Å². The highest BCUT2D eigenvalue weighted by atomic mass is 19.3. The minimum absolute atomic E-state index is 0.0197. The first kappa shape index (κ1) is 24.3. The number of aliphatic carboxylic acids is 1. The largest absolute Gasteiger partial charge is 0.480 e. The van der Waals surface area contributed by atoms with E-state index in [2.05, 4.69) is 9.97 Å². The molecule has 1 spiro atoms. The van der Waals surface area contributed by atoms with Gasteiger partial charge in [0.2, 0.25) is 11.9 Å². The maximum Gasteiger partial charge on any atom is 0.387 e.